The highest BCUT2D eigenvalue weighted by molar-refractivity contribution is 6.04. The number of carbonyl (C=O) groups is 1. The molecule has 8 heteroatoms. The van der Waals surface area contributed by atoms with Crippen molar-refractivity contribution in [2.75, 3.05) is 0 Å². The molecule has 3 heterocycles. The van der Waals surface area contributed by atoms with E-state index in [1.165, 1.54) is 6.92 Å². The molecule has 0 fully saturated rings. The Bertz CT molecular complexity index is 1470. The summed E-state index contributed by atoms with van der Waals surface area (Å²) in [6.45, 7) is -1.29. The number of fused-ring (bicyclic) bond motifs is 2. The molecule has 0 aliphatic heterocycles. The lowest BCUT2D eigenvalue weighted by molar-refractivity contribution is 0.0235. The maximum absolute atomic E-state index is 13.8. The van der Waals surface area contributed by atoms with Crippen molar-refractivity contribution in [3.05, 3.63) is 90.5 Å². The predicted molar refractivity (Wildman–Crippen MR) is 120 cm³/mol. The summed E-state index contributed by atoms with van der Waals surface area (Å²) in [5.74, 6) is -0.670. The Kier molecular flexibility index (Phi) is 5.26. The number of hydrogen-bond acceptors (Lipinski definition) is 5. The van der Waals surface area contributed by atoms with Crippen LogP contribution < -0.4 is 0 Å². The first kappa shape index (κ1) is 20.7. The molecule has 0 radical (unpaired) electrons. The second-order valence-electron chi connectivity index (χ2n) is 7.46. The number of para-hydroxylation sites is 3. The monoisotopic (exact) mass is 444 g/mol. The van der Waals surface area contributed by atoms with Crippen molar-refractivity contribution in [1.82, 2.24) is 19.5 Å². The summed E-state index contributed by atoms with van der Waals surface area (Å²) in [5.41, 5.74) is 2.96. The number of benzene rings is 2. The van der Waals surface area contributed by atoms with E-state index in [1.54, 1.807) is 73.1 Å². The molecule has 5 aromatic rings. The van der Waals surface area contributed by atoms with Crippen molar-refractivity contribution < 1.29 is 18.3 Å². The summed E-state index contributed by atoms with van der Waals surface area (Å²) in [5, 5.41) is 0.606. The zero-order valence-corrected chi connectivity index (χ0v) is 17.5. The lowest BCUT2D eigenvalue weighted by Crippen LogP contribution is -2.15. The van der Waals surface area contributed by atoms with Crippen LogP contribution in [0.2, 0.25) is 0 Å². The van der Waals surface area contributed by atoms with Gasteiger partial charge in [0, 0.05) is 23.3 Å². The van der Waals surface area contributed by atoms with Crippen molar-refractivity contribution >= 4 is 27.9 Å². The van der Waals surface area contributed by atoms with Gasteiger partial charge in [-0.1, -0.05) is 30.3 Å². The Labute approximate surface area is 187 Å². The molecule has 1 atom stereocenters. The molecule has 33 heavy (non-hydrogen) atoms. The molecule has 0 aliphatic rings. The summed E-state index contributed by atoms with van der Waals surface area (Å²) in [6.07, 6.45) is 2.28. The smallest absolute Gasteiger partial charge is 0.339 e. The van der Waals surface area contributed by atoms with Crippen LogP contribution in [0.3, 0.4) is 0 Å². The van der Waals surface area contributed by atoms with Crippen molar-refractivity contribution in [3.63, 3.8) is 0 Å². The molecule has 0 aliphatic carbocycles. The molecule has 0 bridgehead atoms. The molecule has 0 amide bonds. The summed E-state index contributed by atoms with van der Waals surface area (Å²) in [7, 11) is 0. The van der Waals surface area contributed by atoms with Crippen LogP contribution in [0, 0.1) is 0 Å². The molecular weight excluding hydrogens is 426 g/mol. The minimum Gasteiger partial charge on any atom is -0.451 e. The zero-order chi connectivity index (χ0) is 22.9. The third-order valence-corrected chi connectivity index (χ3v) is 5.38. The van der Waals surface area contributed by atoms with Gasteiger partial charge in [0.1, 0.15) is 0 Å². The predicted octanol–water partition coefficient (Wildman–Crippen LogP) is 5.96. The fourth-order valence-electron chi connectivity index (χ4n) is 3.85. The van der Waals surface area contributed by atoms with E-state index in [0.717, 1.165) is 10.1 Å². The normalized spacial score (nSPS) is 12.4. The van der Waals surface area contributed by atoms with E-state index in [2.05, 4.69) is 15.0 Å². The lowest BCUT2D eigenvalue weighted by Gasteiger charge is -2.16. The third kappa shape index (κ3) is 3.80. The van der Waals surface area contributed by atoms with Crippen molar-refractivity contribution in [2.24, 2.45) is 0 Å². The largest absolute Gasteiger partial charge is 0.451 e. The number of carbonyl (C=O) groups excluding carboxylic acids is 1. The Hall–Kier alpha value is -4.20. The number of rotatable bonds is 5. The lowest BCUT2D eigenvalue weighted by atomic mass is 10.0. The Morgan fingerprint density at radius 3 is 2.39 bits per heavy atom. The van der Waals surface area contributed by atoms with E-state index in [4.69, 9.17) is 4.74 Å². The molecule has 0 spiro atoms. The van der Waals surface area contributed by atoms with Gasteiger partial charge in [-0.2, -0.15) is 8.78 Å². The van der Waals surface area contributed by atoms with E-state index in [9.17, 15) is 13.6 Å². The fourth-order valence-corrected chi connectivity index (χ4v) is 3.85. The molecule has 3 aromatic heterocycles. The number of aromatic nitrogens is 4. The number of halogens is 2. The Balaban J connectivity index is 1.55. The number of esters is 1. The number of nitrogens with zero attached hydrogens (tertiary/aromatic N) is 4. The van der Waals surface area contributed by atoms with E-state index in [1.807, 2.05) is 6.07 Å². The van der Waals surface area contributed by atoms with E-state index < -0.39 is 18.6 Å². The zero-order valence-electron chi connectivity index (χ0n) is 17.5. The summed E-state index contributed by atoms with van der Waals surface area (Å²) >= 11 is 0. The quantitative estimate of drug-likeness (QED) is 0.313. The van der Waals surface area contributed by atoms with Crippen molar-refractivity contribution in [2.45, 2.75) is 19.6 Å². The summed E-state index contributed by atoms with van der Waals surface area (Å²) in [4.78, 5) is 26.2. The van der Waals surface area contributed by atoms with Gasteiger partial charge in [0.2, 0.25) is 0 Å². The third-order valence-electron chi connectivity index (χ3n) is 5.38. The second-order valence-corrected chi connectivity index (χ2v) is 7.46. The standard InChI is InChI=1S/C25H18F2N4O2/c1-15(23-30-20-8-4-5-9-22(20)31(23)25(26)27)33-24(32)18-14-21(16-10-12-28-13-11-16)29-19-7-3-2-6-17(18)19/h2-15,25H,1H3. The highest BCUT2D eigenvalue weighted by Gasteiger charge is 2.25. The SMILES string of the molecule is CC(OC(=O)c1cc(-c2ccncc2)nc2ccccc12)c1nc2ccccc2n1C(F)F. The molecular formula is C25H18F2N4O2. The van der Waals surface area contributed by atoms with Crippen LogP contribution >= 0.6 is 0 Å². The molecule has 0 saturated carbocycles. The van der Waals surface area contributed by atoms with Gasteiger partial charge < -0.3 is 4.74 Å². The van der Waals surface area contributed by atoms with Crippen molar-refractivity contribution in [3.8, 4) is 11.3 Å². The Morgan fingerprint density at radius 1 is 0.939 bits per heavy atom. The van der Waals surface area contributed by atoms with Gasteiger partial charge in [0.15, 0.2) is 11.9 Å². The van der Waals surface area contributed by atoms with Gasteiger partial charge >= 0.3 is 12.5 Å². The number of hydrogen-bond donors (Lipinski definition) is 0. The van der Waals surface area contributed by atoms with Gasteiger partial charge in [-0.25, -0.2) is 14.8 Å². The number of pyridine rings is 2. The van der Waals surface area contributed by atoms with Gasteiger partial charge in [0.05, 0.1) is 27.8 Å². The van der Waals surface area contributed by atoms with E-state index in [-0.39, 0.29) is 11.3 Å². The Morgan fingerprint density at radius 2 is 1.64 bits per heavy atom. The minimum absolute atomic E-state index is 0.0210. The first-order chi connectivity index (χ1) is 16.0. The fraction of sp³-hybridized carbons (Fsp3) is 0.120. The molecule has 5 rings (SSSR count). The van der Waals surface area contributed by atoms with E-state index >= 15 is 0 Å². The first-order valence-corrected chi connectivity index (χ1v) is 10.3. The molecule has 164 valence electrons. The van der Waals surface area contributed by atoms with Gasteiger partial charge in [-0.15, -0.1) is 0 Å². The van der Waals surface area contributed by atoms with Crippen LogP contribution in [-0.4, -0.2) is 25.5 Å². The number of alkyl halides is 2. The average molecular weight is 444 g/mol. The first-order valence-electron chi connectivity index (χ1n) is 10.3. The summed E-state index contributed by atoms with van der Waals surface area (Å²) < 4.78 is 34.1. The molecule has 1 unspecified atom stereocenters. The van der Waals surface area contributed by atoms with Gasteiger partial charge in [0.25, 0.3) is 0 Å². The minimum atomic E-state index is -2.83. The topological polar surface area (TPSA) is 69.9 Å². The van der Waals surface area contributed by atoms with Crippen LogP contribution in [0.5, 0.6) is 0 Å². The molecule has 0 N–H and O–H groups in total. The van der Waals surface area contributed by atoms with Gasteiger partial charge in [-0.3, -0.25) is 9.55 Å². The highest BCUT2D eigenvalue weighted by atomic mass is 19.3. The second kappa shape index (κ2) is 8.38. The van der Waals surface area contributed by atoms with Crippen molar-refractivity contribution in [1.29, 1.82) is 0 Å². The number of imidazole rings is 1. The van der Waals surface area contributed by atoms with E-state index in [0.29, 0.717) is 27.7 Å². The van der Waals surface area contributed by atoms with Crippen LogP contribution in [0.4, 0.5) is 8.78 Å². The molecule has 2 aromatic carbocycles. The highest BCUT2D eigenvalue weighted by Crippen LogP contribution is 2.30. The maximum Gasteiger partial charge on any atom is 0.339 e. The maximum atomic E-state index is 13.8. The van der Waals surface area contributed by atoms with Crippen LogP contribution in [0.25, 0.3) is 33.2 Å². The molecule has 6 nitrogen and oxygen atoms in total. The van der Waals surface area contributed by atoms with Crippen LogP contribution in [0.15, 0.2) is 79.1 Å². The van der Waals surface area contributed by atoms with Crippen LogP contribution in [0.1, 0.15) is 35.8 Å². The van der Waals surface area contributed by atoms with Crippen LogP contribution in [-0.2, 0) is 4.74 Å². The van der Waals surface area contributed by atoms with Gasteiger partial charge in [-0.05, 0) is 43.3 Å². The number of ether oxygens (including phenoxy) is 1. The molecule has 0 saturated heterocycles. The summed E-state index contributed by atoms with van der Waals surface area (Å²) in [6, 6.07) is 19.0. The average Bonchev–Trinajstić information content (AvgIpc) is 3.24.